The molecular formula is C26H28N4O. The number of amidine groups is 1. The molecule has 1 fully saturated rings. The Kier molecular flexibility index (Phi) is 3.94. The lowest BCUT2D eigenvalue weighted by atomic mass is 9.62. The minimum Gasteiger partial charge on any atom is -0.383 e. The molecule has 1 aromatic carbocycles. The summed E-state index contributed by atoms with van der Waals surface area (Å²) in [5.41, 5.74) is 10.0. The van der Waals surface area contributed by atoms with Gasteiger partial charge in [0.25, 0.3) is 0 Å². The zero-order valence-corrected chi connectivity index (χ0v) is 17.9. The Morgan fingerprint density at radius 2 is 2.16 bits per heavy atom. The fraction of sp³-hybridized carbons (Fsp3) is 0.423. The Labute approximate surface area is 188 Å². The van der Waals surface area contributed by atoms with E-state index in [9.17, 15) is 0 Å². The normalized spacial score (nSPS) is 32.7. The number of aromatic nitrogens is 1. The minimum absolute atomic E-state index is 0.134. The van der Waals surface area contributed by atoms with Crippen LogP contribution in [0.15, 0.2) is 46.6 Å². The van der Waals surface area contributed by atoms with Crippen LogP contribution in [0.25, 0.3) is 11.1 Å². The van der Waals surface area contributed by atoms with Crippen LogP contribution < -0.4 is 5.73 Å². The molecule has 5 nitrogen and oxygen atoms in total. The third-order valence-electron chi connectivity index (χ3n) is 7.26. The van der Waals surface area contributed by atoms with Gasteiger partial charge in [-0.15, -0.1) is 5.92 Å². The molecule has 4 atom stereocenters. The number of nitrogens with two attached hydrogens (primary N) is 1. The second-order valence-electron chi connectivity index (χ2n) is 9.00. The van der Waals surface area contributed by atoms with E-state index in [-0.39, 0.29) is 11.5 Å². The van der Waals surface area contributed by atoms with Gasteiger partial charge in [-0.1, -0.05) is 25.0 Å². The molecule has 5 heteroatoms. The second-order valence-corrected chi connectivity index (χ2v) is 9.00. The van der Waals surface area contributed by atoms with Crippen LogP contribution in [0.1, 0.15) is 53.8 Å². The van der Waals surface area contributed by atoms with Crippen molar-refractivity contribution in [3.8, 4) is 23.0 Å². The van der Waals surface area contributed by atoms with E-state index in [1.54, 1.807) is 25.7 Å². The Bertz CT molecular complexity index is 1260. The standard InChI is InChI=1S/C26H28N4O/c1-4-5-18-10-21(15-28-14-18)19-6-7-20-13-25(9-8-23(31-3)17(2)12-25)26(22(20)11-19)29-16-24(27)30-26/h6-7,10-11,14-17,23H,8-9,12-13H2,1-3H3,(H2,27,30)/i1D3. The summed E-state index contributed by atoms with van der Waals surface area (Å²) in [6.45, 7) is -0.0535. The summed E-state index contributed by atoms with van der Waals surface area (Å²) in [4.78, 5) is 14.2. The van der Waals surface area contributed by atoms with Crippen LogP contribution in [0, 0.1) is 23.2 Å². The fourth-order valence-electron chi connectivity index (χ4n) is 5.92. The van der Waals surface area contributed by atoms with E-state index in [2.05, 4.69) is 41.9 Å². The molecule has 1 aromatic heterocycles. The summed E-state index contributed by atoms with van der Waals surface area (Å²) in [5, 5.41) is 0. The maximum Gasteiger partial charge on any atom is 0.184 e. The largest absolute Gasteiger partial charge is 0.383 e. The van der Waals surface area contributed by atoms with Gasteiger partial charge in [0.05, 0.1) is 12.3 Å². The Hall–Kier alpha value is -2.97. The van der Waals surface area contributed by atoms with Crippen molar-refractivity contribution in [3.05, 3.63) is 53.3 Å². The number of pyridine rings is 1. The van der Waals surface area contributed by atoms with Gasteiger partial charge in [0, 0.05) is 45.7 Å². The van der Waals surface area contributed by atoms with E-state index in [0.29, 0.717) is 17.3 Å². The summed E-state index contributed by atoms with van der Waals surface area (Å²) in [6.07, 6.45) is 9.09. The quantitative estimate of drug-likeness (QED) is 0.751. The van der Waals surface area contributed by atoms with E-state index in [1.807, 2.05) is 6.07 Å². The lowest BCUT2D eigenvalue weighted by molar-refractivity contribution is -0.0377. The van der Waals surface area contributed by atoms with Crippen molar-refractivity contribution in [1.29, 1.82) is 0 Å². The lowest BCUT2D eigenvalue weighted by Crippen LogP contribution is -2.46. The SMILES string of the molecule is [2H]C([2H])([2H])C#Cc1cncc(-c2ccc3c(c2)C2(N=CC(N)=N2)C2(CCC(OC)C(C)C2)C3)c1. The molecule has 4 unspecified atom stereocenters. The number of nitrogens with zero attached hydrogens (tertiary/aromatic N) is 3. The molecule has 3 aliphatic rings. The van der Waals surface area contributed by atoms with Gasteiger partial charge >= 0.3 is 0 Å². The maximum atomic E-state index is 7.32. The number of hydrogen-bond acceptors (Lipinski definition) is 5. The summed E-state index contributed by atoms with van der Waals surface area (Å²) < 4.78 is 27.7. The van der Waals surface area contributed by atoms with E-state index >= 15 is 0 Å². The first-order valence-electron chi connectivity index (χ1n) is 12.2. The first kappa shape index (κ1) is 16.7. The maximum absolute atomic E-state index is 7.32. The molecule has 0 bridgehead atoms. The van der Waals surface area contributed by atoms with Crippen LogP contribution in [0.2, 0.25) is 0 Å². The zero-order valence-electron chi connectivity index (χ0n) is 20.9. The van der Waals surface area contributed by atoms with E-state index in [1.165, 1.54) is 5.56 Å². The van der Waals surface area contributed by atoms with Gasteiger partial charge in [-0.2, -0.15) is 0 Å². The van der Waals surface area contributed by atoms with E-state index in [4.69, 9.17) is 24.6 Å². The van der Waals surface area contributed by atoms with Gasteiger partial charge in [-0.3, -0.25) is 9.98 Å². The highest BCUT2D eigenvalue weighted by Crippen LogP contribution is 2.62. The molecule has 0 radical (unpaired) electrons. The monoisotopic (exact) mass is 415 g/mol. The topological polar surface area (TPSA) is 72.9 Å². The van der Waals surface area contributed by atoms with Gasteiger partial charge in [0.2, 0.25) is 0 Å². The van der Waals surface area contributed by atoms with Crippen molar-refractivity contribution >= 4 is 12.1 Å². The summed E-state index contributed by atoms with van der Waals surface area (Å²) in [6, 6.07) is 8.26. The predicted molar refractivity (Wildman–Crippen MR) is 124 cm³/mol. The van der Waals surface area contributed by atoms with Gasteiger partial charge in [-0.25, -0.2) is 4.99 Å². The molecule has 2 aromatic rings. The third kappa shape index (κ3) is 3.01. The number of rotatable bonds is 2. The van der Waals surface area contributed by atoms with Crippen molar-refractivity contribution in [2.24, 2.45) is 27.1 Å². The van der Waals surface area contributed by atoms with Crippen LogP contribution in [0.5, 0.6) is 0 Å². The molecule has 1 aliphatic heterocycles. The first-order valence-corrected chi connectivity index (χ1v) is 10.7. The Morgan fingerprint density at radius 3 is 2.90 bits per heavy atom. The Morgan fingerprint density at radius 1 is 1.26 bits per heavy atom. The number of fused-ring (bicyclic) bond motifs is 3. The van der Waals surface area contributed by atoms with Crippen LogP contribution in [0.4, 0.5) is 0 Å². The predicted octanol–water partition coefficient (Wildman–Crippen LogP) is 4.09. The minimum atomic E-state index is -2.30. The van der Waals surface area contributed by atoms with Crippen molar-refractivity contribution in [2.75, 3.05) is 7.11 Å². The smallest absolute Gasteiger partial charge is 0.184 e. The van der Waals surface area contributed by atoms with E-state index in [0.717, 1.165) is 42.4 Å². The van der Waals surface area contributed by atoms with Crippen LogP contribution in [-0.2, 0) is 16.8 Å². The molecule has 2 spiro atoms. The van der Waals surface area contributed by atoms with Gasteiger partial charge < -0.3 is 10.5 Å². The zero-order chi connectivity index (χ0) is 24.1. The third-order valence-corrected chi connectivity index (χ3v) is 7.26. The van der Waals surface area contributed by atoms with Crippen molar-refractivity contribution in [1.82, 2.24) is 4.98 Å². The van der Waals surface area contributed by atoms with Gasteiger partial charge in [-0.05, 0) is 61.7 Å². The molecule has 0 amide bonds. The van der Waals surface area contributed by atoms with Crippen molar-refractivity contribution < 1.29 is 8.85 Å². The number of methoxy groups -OCH3 is 1. The highest BCUT2D eigenvalue weighted by Gasteiger charge is 2.61. The van der Waals surface area contributed by atoms with Crippen LogP contribution in [0.3, 0.4) is 0 Å². The summed E-state index contributed by atoms with van der Waals surface area (Å²) in [7, 11) is 1.79. The molecule has 0 saturated heterocycles. The van der Waals surface area contributed by atoms with Crippen LogP contribution >= 0.6 is 0 Å². The highest BCUT2D eigenvalue weighted by molar-refractivity contribution is 6.30. The average molecular weight is 416 g/mol. The molecule has 31 heavy (non-hydrogen) atoms. The molecule has 2 heterocycles. The summed E-state index contributed by atoms with van der Waals surface area (Å²) in [5.74, 6) is 5.88. The lowest BCUT2D eigenvalue weighted by Gasteiger charge is -2.47. The Balaban J connectivity index is 1.57. The molecular weight excluding hydrogens is 384 g/mol. The van der Waals surface area contributed by atoms with Crippen LogP contribution in [-0.4, -0.2) is 30.2 Å². The average Bonchev–Trinajstić information content (AvgIpc) is 3.31. The van der Waals surface area contributed by atoms with Gasteiger partial charge in [0.1, 0.15) is 5.84 Å². The van der Waals surface area contributed by atoms with Crippen molar-refractivity contribution in [2.45, 2.75) is 51.2 Å². The number of hydrogen-bond donors (Lipinski definition) is 1. The second kappa shape index (κ2) is 7.32. The van der Waals surface area contributed by atoms with E-state index < -0.39 is 12.5 Å². The molecule has 2 aliphatic carbocycles. The molecule has 1 saturated carbocycles. The fourth-order valence-corrected chi connectivity index (χ4v) is 5.92. The highest BCUT2D eigenvalue weighted by atomic mass is 16.5. The van der Waals surface area contributed by atoms with Crippen molar-refractivity contribution in [3.63, 3.8) is 0 Å². The number of ether oxygens (including phenoxy) is 1. The molecule has 5 rings (SSSR count). The first-order chi connectivity index (χ1) is 16.1. The summed E-state index contributed by atoms with van der Waals surface area (Å²) >= 11 is 0. The van der Waals surface area contributed by atoms with Gasteiger partial charge in [0.15, 0.2) is 5.66 Å². The molecule has 2 N–H and O–H groups in total. The number of benzene rings is 1. The number of aliphatic imine (C=N–C) groups is 2. The molecule has 158 valence electrons.